The van der Waals surface area contributed by atoms with E-state index >= 15 is 0 Å². The van der Waals surface area contributed by atoms with Gasteiger partial charge in [-0.25, -0.2) is 0 Å². The average molecular weight is 329 g/mol. The summed E-state index contributed by atoms with van der Waals surface area (Å²) in [6.45, 7) is 3.33. The van der Waals surface area contributed by atoms with Crippen LogP contribution in [0.25, 0.3) is 0 Å². The molecule has 1 heterocycles. The summed E-state index contributed by atoms with van der Waals surface area (Å²) >= 11 is 0. The Balaban J connectivity index is 0.00000242. The molecule has 1 aliphatic heterocycles. The van der Waals surface area contributed by atoms with Crippen molar-refractivity contribution in [3.63, 3.8) is 0 Å². The summed E-state index contributed by atoms with van der Waals surface area (Å²) in [6.07, 6.45) is 2.66. The lowest BCUT2D eigenvalue weighted by Gasteiger charge is -2.10. The van der Waals surface area contributed by atoms with Gasteiger partial charge in [-0.2, -0.15) is 0 Å². The van der Waals surface area contributed by atoms with Gasteiger partial charge in [0.2, 0.25) is 5.91 Å². The standard InChI is InChI=1S/C16H24N2O3.ClH/c1-20-14-2-4-15(5-3-14)21-11-8-16(19)18-10-7-13-6-9-17-12-13;/h2-5,13,17H,6-12H2,1H3,(H,18,19);1H. The normalized spacial score (nSPS) is 16.7. The van der Waals surface area contributed by atoms with Crippen molar-refractivity contribution in [3.05, 3.63) is 24.3 Å². The zero-order chi connectivity index (χ0) is 14.9. The molecule has 0 aromatic heterocycles. The summed E-state index contributed by atoms with van der Waals surface area (Å²) in [5, 5.41) is 6.28. The molecule has 1 unspecified atom stereocenters. The first-order valence-corrected chi connectivity index (χ1v) is 7.52. The van der Waals surface area contributed by atoms with E-state index in [0.29, 0.717) is 18.9 Å². The molecule has 1 amide bonds. The predicted octanol–water partition coefficient (Wildman–Crippen LogP) is 2.00. The van der Waals surface area contributed by atoms with Gasteiger partial charge in [-0.15, -0.1) is 12.4 Å². The third kappa shape index (κ3) is 6.54. The van der Waals surface area contributed by atoms with E-state index in [2.05, 4.69) is 10.6 Å². The molecule has 0 bridgehead atoms. The van der Waals surface area contributed by atoms with Gasteiger partial charge in [0.25, 0.3) is 0 Å². The fourth-order valence-electron chi connectivity index (χ4n) is 2.40. The fraction of sp³-hybridized carbons (Fsp3) is 0.562. The molecule has 0 aliphatic carbocycles. The van der Waals surface area contributed by atoms with E-state index in [1.165, 1.54) is 6.42 Å². The maximum atomic E-state index is 11.7. The number of carbonyl (C=O) groups excluding carboxylic acids is 1. The van der Waals surface area contributed by atoms with Gasteiger partial charge in [0.1, 0.15) is 11.5 Å². The lowest BCUT2D eigenvalue weighted by Crippen LogP contribution is -2.27. The van der Waals surface area contributed by atoms with Crippen LogP contribution in [-0.4, -0.2) is 39.3 Å². The van der Waals surface area contributed by atoms with Crippen LogP contribution in [0.2, 0.25) is 0 Å². The van der Waals surface area contributed by atoms with E-state index in [-0.39, 0.29) is 18.3 Å². The Labute approximate surface area is 138 Å². The van der Waals surface area contributed by atoms with E-state index in [0.717, 1.165) is 37.6 Å². The summed E-state index contributed by atoms with van der Waals surface area (Å²) in [6, 6.07) is 7.35. The Morgan fingerprint density at radius 1 is 1.32 bits per heavy atom. The third-order valence-corrected chi connectivity index (χ3v) is 3.69. The minimum atomic E-state index is 0. The van der Waals surface area contributed by atoms with Gasteiger partial charge in [-0.3, -0.25) is 4.79 Å². The van der Waals surface area contributed by atoms with Crippen molar-refractivity contribution in [2.75, 3.05) is 33.4 Å². The van der Waals surface area contributed by atoms with Crippen molar-refractivity contribution in [2.24, 2.45) is 5.92 Å². The van der Waals surface area contributed by atoms with Crippen molar-refractivity contribution < 1.29 is 14.3 Å². The number of halogens is 1. The van der Waals surface area contributed by atoms with E-state index in [1.54, 1.807) is 7.11 Å². The highest BCUT2D eigenvalue weighted by Crippen LogP contribution is 2.17. The molecule has 1 fully saturated rings. The Bertz CT molecular complexity index is 434. The Morgan fingerprint density at radius 3 is 2.68 bits per heavy atom. The topological polar surface area (TPSA) is 59.6 Å². The van der Waals surface area contributed by atoms with Gasteiger partial charge >= 0.3 is 0 Å². The second-order valence-electron chi connectivity index (χ2n) is 5.27. The Morgan fingerprint density at radius 2 is 2.05 bits per heavy atom. The van der Waals surface area contributed by atoms with E-state index < -0.39 is 0 Å². The van der Waals surface area contributed by atoms with Crippen LogP contribution in [0, 0.1) is 5.92 Å². The molecule has 6 heteroatoms. The molecular formula is C16H25ClN2O3. The molecule has 1 saturated heterocycles. The number of hydrogen-bond acceptors (Lipinski definition) is 4. The van der Waals surface area contributed by atoms with Crippen LogP contribution >= 0.6 is 12.4 Å². The molecule has 1 aliphatic rings. The molecular weight excluding hydrogens is 304 g/mol. The summed E-state index contributed by atoms with van der Waals surface area (Å²) in [4.78, 5) is 11.7. The monoisotopic (exact) mass is 328 g/mol. The second-order valence-corrected chi connectivity index (χ2v) is 5.27. The van der Waals surface area contributed by atoms with Crippen LogP contribution in [0.15, 0.2) is 24.3 Å². The smallest absolute Gasteiger partial charge is 0.223 e. The number of rotatable bonds is 8. The molecule has 0 spiro atoms. The van der Waals surface area contributed by atoms with E-state index in [9.17, 15) is 4.79 Å². The molecule has 2 N–H and O–H groups in total. The highest BCUT2D eigenvalue weighted by atomic mass is 35.5. The van der Waals surface area contributed by atoms with Gasteiger partial charge < -0.3 is 20.1 Å². The van der Waals surface area contributed by atoms with Gasteiger partial charge in [0.05, 0.1) is 20.1 Å². The fourth-order valence-corrected chi connectivity index (χ4v) is 2.40. The number of benzene rings is 1. The maximum absolute atomic E-state index is 11.7. The summed E-state index contributed by atoms with van der Waals surface area (Å²) < 4.78 is 10.6. The van der Waals surface area contributed by atoms with Crippen molar-refractivity contribution >= 4 is 18.3 Å². The summed E-state index contributed by atoms with van der Waals surface area (Å²) in [7, 11) is 1.63. The molecule has 1 aromatic carbocycles. The predicted molar refractivity (Wildman–Crippen MR) is 89.0 cm³/mol. The highest BCUT2D eigenvalue weighted by molar-refractivity contribution is 5.85. The molecule has 0 radical (unpaired) electrons. The van der Waals surface area contributed by atoms with Gasteiger partial charge in [-0.05, 0) is 56.1 Å². The Hall–Kier alpha value is -1.46. The van der Waals surface area contributed by atoms with Crippen molar-refractivity contribution in [1.82, 2.24) is 10.6 Å². The number of carbonyl (C=O) groups is 1. The van der Waals surface area contributed by atoms with Crippen LogP contribution in [0.5, 0.6) is 11.5 Å². The van der Waals surface area contributed by atoms with Gasteiger partial charge in [-0.1, -0.05) is 0 Å². The first-order valence-electron chi connectivity index (χ1n) is 7.52. The first kappa shape index (κ1) is 18.6. The van der Waals surface area contributed by atoms with E-state index in [1.807, 2.05) is 24.3 Å². The Kier molecular flexibility index (Phi) is 8.70. The number of methoxy groups -OCH3 is 1. The summed E-state index contributed by atoms with van der Waals surface area (Å²) in [5.41, 5.74) is 0. The largest absolute Gasteiger partial charge is 0.497 e. The SMILES string of the molecule is COc1ccc(OCCC(=O)NCCC2CCNC2)cc1.Cl. The van der Waals surface area contributed by atoms with E-state index in [4.69, 9.17) is 9.47 Å². The van der Waals surface area contributed by atoms with Gasteiger partial charge in [0, 0.05) is 6.54 Å². The minimum Gasteiger partial charge on any atom is -0.497 e. The van der Waals surface area contributed by atoms with Crippen LogP contribution < -0.4 is 20.1 Å². The quantitative estimate of drug-likeness (QED) is 0.766. The van der Waals surface area contributed by atoms with Crippen molar-refractivity contribution in [3.8, 4) is 11.5 Å². The first-order chi connectivity index (χ1) is 10.3. The minimum absolute atomic E-state index is 0. The number of hydrogen-bond donors (Lipinski definition) is 2. The van der Waals surface area contributed by atoms with Gasteiger partial charge in [0.15, 0.2) is 0 Å². The molecule has 5 nitrogen and oxygen atoms in total. The zero-order valence-corrected chi connectivity index (χ0v) is 13.8. The third-order valence-electron chi connectivity index (χ3n) is 3.69. The molecule has 22 heavy (non-hydrogen) atoms. The molecule has 0 saturated carbocycles. The lowest BCUT2D eigenvalue weighted by atomic mass is 10.1. The highest BCUT2D eigenvalue weighted by Gasteiger charge is 2.13. The van der Waals surface area contributed by atoms with Crippen LogP contribution in [0.4, 0.5) is 0 Å². The molecule has 2 rings (SSSR count). The van der Waals surface area contributed by atoms with Crippen molar-refractivity contribution in [2.45, 2.75) is 19.3 Å². The summed E-state index contributed by atoms with van der Waals surface area (Å²) in [5.74, 6) is 2.30. The van der Waals surface area contributed by atoms with Crippen LogP contribution in [-0.2, 0) is 4.79 Å². The van der Waals surface area contributed by atoms with Crippen LogP contribution in [0.3, 0.4) is 0 Å². The molecule has 124 valence electrons. The molecule has 1 atom stereocenters. The number of amides is 1. The van der Waals surface area contributed by atoms with Crippen molar-refractivity contribution in [1.29, 1.82) is 0 Å². The lowest BCUT2D eigenvalue weighted by molar-refractivity contribution is -0.121. The molecule has 1 aromatic rings. The average Bonchev–Trinajstić information content (AvgIpc) is 3.01. The second kappa shape index (κ2) is 10.3. The number of nitrogens with one attached hydrogen (secondary N) is 2. The number of ether oxygens (including phenoxy) is 2. The zero-order valence-electron chi connectivity index (χ0n) is 13.0. The maximum Gasteiger partial charge on any atom is 0.223 e. The van der Waals surface area contributed by atoms with Crippen LogP contribution in [0.1, 0.15) is 19.3 Å².